The van der Waals surface area contributed by atoms with E-state index in [1.165, 1.54) is 30.5 Å². The molecule has 3 rings (SSSR count). The first kappa shape index (κ1) is 20.3. The van der Waals surface area contributed by atoms with E-state index in [2.05, 4.69) is 20.0 Å². The van der Waals surface area contributed by atoms with Gasteiger partial charge in [-0.1, -0.05) is 0 Å². The highest BCUT2D eigenvalue weighted by atomic mass is 32.2. The van der Waals surface area contributed by atoms with E-state index in [9.17, 15) is 13.2 Å². The van der Waals surface area contributed by atoms with Crippen molar-refractivity contribution in [1.29, 1.82) is 0 Å². The predicted octanol–water partition coefficient (Wildman–Crippen LogP) is 2.90. The van der Waals surface area contributed by atoms with Gasteiger partial charge in [0.1, 0.15) is 0 Å². The van der Waals surface area contributed by atoms with Crippen LogP contribution in [0.15, 0.2) is 65.7 Å². The Labute approximate surface area is 169 Å². The van der Waals surface area contributed by atoms with Gasteiger partial charge in [0.05, 0.1) is 4.90 Å². The second-order valence-corrected chi connectivity index (χ2v) is 8.23. The zero-order valence-electron chi connectivity index (χ0n) is 16.2. The minimum Gasteiger partial charge on any atom is -0.378 e. The number of anilines is 3. The van der Waals surface area contributed by atoms with Gasteiger partial charge >= 0.3 is 0 Å². The molecule has 0 fully saturated rings. The third-order valence-electron chi connectivity index (χ3n) is 4.09. The Morgan fingerprint density at radius 2 is 1.62 bits per heavy atom. The summed E-state index contributed by atoms with van der Waals surface area (Å²) in [5.41, 5.74) is 2.62. The largest absolute Gasteiger partial charge is 0.378 e. The number of hydrogen-bond donors (Lipinski definition) is 2. The molecule has 0 aliphatic rings. The minimum atomic E-state index is -3.83. The van der Waals surface area contributed by atoms with Crippen molar-refractivity contribution in [2.75, 3.05) is 29.0 Å². The van der Waals surface area contributed by atoms with Gasteiger partial charge in [-0.25, -0.2) is 23.1 Å². The van der Waals surface area contributed by atoms with Crippen LogP contribution >= 0.6 is 0 Å². The highest BCUT2D eigenvalue weighted by molar-refractivity contribution is 7.92. The fourth-order valence-electron chi connectivity index (χ4n) is 2.51. The van der Waals surface area contributed by atoms with E-state index in [1.54, 1.807) is 25.1 Å². The highest BCUT2D eigenvalue weighted by Gasteiger charge is 2.16. The number of carbonyl (C=O) groups is 1. The molecule has 150 valence electrons. The molecular weight excluding hydrogens is 390 g/mol. The van der Waals surface area contributed by atoms with Crippen molar-refractivity contribution in [1.82, 2.24) is 9.97 Å². The van der Waals surface area contributed by atoms with Gasteiger partial charge in [-0.15, -0.1) is 0 Å². The van der Waals surface area contributed by atoms with E-state index in [1.807, 2.05) is 31.1 Å². The number of hydrogen-bond acceptors (Lipinski definition) is 6. The minimum absolute atomic E-state index is 0.00329. The highest BCUT2D eigenvalue weighted by Crippen LogP contribution is 2.18. The second-order valence-electron chi connectivity index (χ2n) is 6.55. The summed E-state index contributed by atoms with van der Waals surface area (Å²) in [6.07, 6.45) is 1.48. The first-order valence-corrected chi connectivity index (χ1v) is 10.2. The van der Waals surface area contributed by atoms with Crippen LogP contribution in [0.2, 0.25) is 0 Å². The van der Waals surface area contributed by atoms with E-state index in [0.29, 0.717) is 16.9 Å². The van der Waals surface area contributed by atoms with Crippen molar-refractivity contribution >= 4 is 33.3 Å². The molecule has 1 aromatic heterocycles. The Morgan fingerprint density at radius 3 is 2.21 bits per heavy atom. The first-order chi connectivity index (χ1) is 13.7. The summed E-state index contributed by atoms with van der Waals surface area (Å²) in [4.78, 5) is 22.3. The first-order valence-electron chi connectivity index (χ1n) is 8.76. The summed E-state index contributed by atoms with van der Waals surface area (Å²) < 4.78 is 27.3. The zero-order chi connectivity index (χ0) is 21.0. The van der Waals surface area contributed by atoms with Crippen LogP contribution in [0, 0.1) is 6.92 Å². The standard InChI is InChI=1S/C20H21N5O3S/c1-14-12-13-21-20(22-14)24-29(27,28)18-10-6-16(7-11-18)23-19(26)15-4-8-17(9-5-15)25(2)3/h4-13H,1-3H3,(H,23,26)(H,21,22,24). The summed E-state index contributed by atoms with van der Waals surface area (Å²) in [6, 6.07) is 14.7. The van der Waals surface area contributed by atoms with Crippen LogP contribution in [0.25, 0.3) is 0 Å². The summed E-state index contributed by atoms with van der Waals surface area (Å²) in [5.74, 6) is -0.277. The summed E-state index contributed by atoms with van der Waals surface area (Å²) in [6.45, 7) is 1.74. The normalized spacial score (nSPS) is 11.0. The van der Waals surface area contributed by atoms with Gasteiger partial charge in [0.25, 0.3) is 15.9 Å². The Hall–Kier alpha value is -3.46. The van der Waals surface area contributed by atoms with E-state index < -0.39 is 10.0 Å². The van der Waals surface area contributed by atoms with E-state index in [0.717, 1.165) is 5.69 Å². The Bertz CT molecular complexity index is 1110. The van der Waals surface area contributed by atoms with Gasteiger partial charge in [-0.3, -0.25) is 4.79 Å². The molecule has 1 amide bonds. The molecule has 0 saturated carbocycles. The van der Waals surface area contributed by atoms with Crippen molar-refractivity contribution < 1.29 is 13.2 Å². The molecule has 1 heterocycles. The van der Waals surface area contributed by atoms with Crippen LogP contribution in [0.4, 0.5) is 17.3 Å². The smallest absolute Gasteiger partial charge is 0.264 e. The van der Waals surface area contributed by atoms with Crippen LogP contribution in [0.5, 0.6) is 0 Å². The number of rotatable bonds is 6. The van der Waals surface area contributed by atoms with Gasteiger partial charge in [0.2, 0.25) is 5.95 Å². The number of nitrogens with one attached hydrogen (secondary N) is 2. The van der Waals surface area contributed by atoms with Crippen LogP contribution in [-0.4, -0.2) is 38.4 Å². The summed E-state index contributed by atoms with van der Waals surface area (Å²) >= 11 is 0. The molecule has 0 spiro atoms. The lowest BCUT2D eigenvalue weighted by Crippen LogP contribution is -2.16. The van der Waals surface area contributed by atoms with E-state index in [4.69, 9.17) is 0 Å². The average molecular weight is 411 g/mol. The zero-order valence-corrected chi connectivity index (χ0v) is 17.1. The lowest BCUT2D eigenvalue weighted by Gasteiger charge is -2.13. The molecule has 0 radical (unpaired) electrons. The average Bonchev–Trinajstić information content (AvgIpc) is 2.68. The number of aromatic nitrogens is 2. The molecule has 29 heavy (non-hydrogen) atoms. The van der Waals surface area contributed by atoms with Crippen LogP contribution in [0.3, 0.4) is 0 Å². The molecule has 2 aromatic carbocycles. The molecule has 9 heteroatoms. The van der Waals surface area contributed by atoms with Crippen LogP contribution in [-0.2, 0) is 10.0 Å². The van der Waals surface area contributed by atoms with Gasteiger partial charge < -0.3 is 10.2 Å². The lowest BCUT2D eigenvalue weighted by molar-refractivity contribution is 0.102. The SMILES string of the molecule is Cc1ccnc(NS(=O)(=O)c2ccc(NC(=O)c3ccc(N(C)C)cc3)cc2)n1. The van der Waals surface area contributed by atoms with Crippen molar-refractivity contribution in [3.05, 3.63) is 72.1 Å². The molecule has 0 saturated heterocycles. The Balaban J connectivity index is 1.70. The third-order valence-corrected chi connectivity index (χ3v) is 5.43. The van der Waals surface area contributed by atoms with Gasteiger partial charge in [-0.05, 0) is 61.5 Å². The van der Waals surface area contributed by atoms with Crippen molar-refractivity contribution in [2.24, 2.45) is 0 Å². The number of aryl methyl sites for hydroxylation is 1. The molecule has 0 atom stereocenters. The molecule has 3 aromatic rings. The summed E-state index contributed by atoms with van der Waals surface area (Å²) in [7, 11) is 0.00973. The van der Waals surface area contributed by atoms with Crippen molar-refractivity contribution in [2.45, 2.75) is 11.8 Å². The summed E-state index contributed by atoms with van der Waals surface area (Å²) in [5, 5.41) is 2.75. The van der Waals surface area contributed by atoms with Gasteiger partial charge in [0.15, 0.2) is 0 Å². The van der Waals surface area contributed by atoms with E-state index >= 15 is 0 Å². The monoisotopic (exact) mass is 411 g/mol. The molecular formula is C20H21N5O3S. The topological polar surface area (TPSA) is 104 Å². The Morgan fingerprint density at radius 1 is 0.966 bits per heavy atom. The van der Waals surface area contributed by atoms with E-state index in [-0.39, 0.29) is 16.8 Å². The molecule has 0 aliphatic heterocycles. The van der Waals surface area contributed by atoms with Crippen molar-refractivity contribution in [3.8, 4) is 0 Å². The van der Waals surface area contributed by atoms with Crippen LogP contribution < -0.4 is 14.9 Å². The molecule has 2 N–H and O–H groups in total. The Kier molecular flexibility index (Phi) is 5.79. The second kappa shape index (κ2) is 8.27. The maximum Gasteiger partial charge on any atom is 0.264 e. The quantitative estimate of drug-likeness (QED) is 0.646. The number of benzene rings is 2. The molecule has 0 unspecified atom stereocenters. The molecule has 8 nitrogen and oxygen atoms in total. The maximum absolute atomic E-state index is 12.5. The number of carbonyl (C=O) groups excluding carboxylic acids is 1. The maximum atomic E-state index is 12.5. The number of sulfonamides is 1. The van der Waals surface area contributed by atoms with Gasteiger partial charge in [0, 0.05) is 42.9 Å². The molecule has 0 aliphatic carbocycles. The van der Waals surface area contributed by atoms with Crippen molar-refractivity contribution in [3.63, 3.8) is 0 Å². The third kappa shape index (κ3) is 5.08. The van der Waals surface area contributed by atoms with Gasteiger partial charge in [-0.2, -0.15) is 0 Å². The predicted molar refractivity (Wildman–Crippen MR) is 113 cm³/mol. The lowest BCUT2D eigenvalue weighted by atomic mass is 10.2. The van der Waals surface area contributed by atoms with Crippen LogP contribution in [0.1, 0.15) is 16.1 Å². The number of nitrogens with zero attached hydrogens (tertiary/aromatic N) is 3. The number of amides is 1. The fourth-order valence-corrected chi connectivity index (χ4v) is 3.46. The molecule has 0 bridgehead atoms. The fraction of sp³-hybridized carbons (Fsp3) is 0.150.